The molecule has 0 saturated heterocycles. The van der Waals surface area contributed by atoms with Crippen molar-refractivity contribution in [3.63, 3.8) is 0 Å². The standard InChI is InChI=1S/C21H20N6/c1-27(2)21-25-19(22-13-15-9-5-3-6-10-15)18-20(26-21)23-14-17(24-18)16-11-7-4-8-12-16/h3-12,14H,13H2,1-2H3,(H,22,23,25,26). The normalized spacial score (nSPS) is 10.7. The van der Waals surface area contributed by atoms with Crippen LogP contribution in [0.2, 0.25) is 0 Å². The highest BCUT2D eigenvalue weighted by molar-refractivity contribution is 5.85. The molecule has 6 heteroatoms. The van der Waals surface area contributed by atoms with Gasteiger partial charge in [0.05, 0.1) is 11.9 Å². The van der Waals surface area contributed by atoms with E-state index in [-0.39, 0.29) is 0 Å². The van der Waals surface area contributed by atoms with Gasteiger partial charge in [0.2, 0.25) is 5.95 Å². The van der Waals surface area contributed by atoms with Crippen molar-refractivity contribution in [2.45, 2.75) is 6.54 Å². The SMILES string of the molecule is CN(C)c1nc(NCc2ccccc2)c2nc(-c3ccccc3)cnc2n1. The Balaban J connectivity index is 1.77. The van der Waals surface area contributed by atoms with Crippen LogP contribution in [0.15, 0.2) is 66.9 Å². The molecular formula is C21H20N6. The molecule has 134 valence electrons. The molecule has 27 heavy (non-hydrogen) atoms. The van der Waals surface area contributed by atoms with Crippen LogP contribution in [0.3, 0.4) is 0 Å². The first-order chi connectivity index (χ1) is 13.2. The predicted molar refractivity (Wildman–Crippen MR) is 109 cm³/mol. The number of fused-ring (bicyclic) bond motifs is 1. The van der Waals surface area contributed by atoms with E-state index in [1.54, 1.807) is 6.20 Å². The van der Waals surface area contributed by atoms with Crippen LogP contribution in [0, 0.1) is 0 Å². The van der Waals surface area contributed by atoms with E-state index in [4.69, 9.17) is 4.98 Å². The van der Waals surface area contributed by atoms with Crippen molar-refractivity contribution >= 4 is 22.9 Å². The first-order valence-corrected chi connectivity index (χ1v) is 8.76. The second-order valence-electron chi connectivity index (χ2n) is 6.40. The van der Waals surface area contributed by atoms with Crippen molar-refractivity contribution in [2.24, 2.45) is 0 Å². The Morgan fingerprint density at radius 2 is 1.56 bits per heavy atom. The Morgan fingerprint density at radius 3 is 2.26 bits per heavy atom. The molecule has 0 aliphatic carbocycles. The molecule has 2 aromatic heterocycles. The topological polar surface area (TPSA) is 66.8 Å². The van der Waals surface area contributed by atoms with Gasteiger partial charge in [-0.05, 0) is 5.56 Å². The maximum absolute atomic E-state index is 4.79. The maximum Gasteiger partial charge on any atom is 0.228 e. The molecule has 2 heterocycles. The zero-order valence-electron chi connectivity index (χ0n) is 15.3. The minimum atomic E-state index is 0.573. The summed E-state index contributed by atoms with van der Waals surface area (Å²) >= 11 is 0. The molecule has 6 nitrogen and oxygen atoms in total. The van der Waals surface area contributed by atoms with Crippen LogP contribution < -0.4 is 10.2 Å². The predicted octanol–water partition coefficient (Wildman–Crippen LogP) is 3.76. The van der Waals surface area contributed by atoms with E-state index in [1.165, 1.54) is 5.56 Å². The molecule has 2 aromatic carbocycles. The highest BCUT2D eigenvalue weighted by Gasteiger charge is 2.13. The van der Waals surface area contributed by atoms with Gasteiger partial charge in [-0.25, -0.2) is 9.97 Å². The quantitative estimate of drug-likeness (QED) is 0.587. The average Bonchev–Trinajstić information content (AvgIpc) is 2.72. The summed E-state index contributed by atoms with van der Waals surface area (Å²) in [6.45, 7) is 0.650. The van der Waals surface area contributed by atoms with Crippen LogP contribution in [0.25, 0.3) is 22.4 Å². The van der Waals surface area contributed by atoms with E-state index in [1.807, 2.05) is 67.5 Å². The third kappa shape index (κ3) is 3.69. The Morgan fingerprint density at radius 1 is 0.852 bits per heavy atom. The Labute approximate surface area is 158 Å². The summed E-state index contributed by atoms with van der Waals surface area (Å²) in [6.07, 6.45) is 1.76. The summed E-state index contributed by atoms with van der Waals surface area (Å²) in [6, 6.07) is 20.2. The van der Waals surface area contributed by atoms with Gasteiger partial charge in [0.25, 0.3) is 0 Å². The van der Waals surface area contributed by atoms with Crippen LogP contribution in [0.4, 0.5) is 11.8 Å². The van der Waals surface area contributed by atoms with Crippen molar-refractivity contribution in [1.29, 1.82) is 0 Å². The number of anilines is 2. The number of rotatable bonds is 5. The molecule has 0 aliphatic rings. The average molecular weight is 356 g/mol. The third-order valence-electron chi connectivity index (χ3n) is 4.17. The Kier molecular flexibility index (Phi) is 4.61. The molecule has 0 atom stereocenters. The minimum Gasteiger partial charge on any atom is -0.364 e. The van der Waals surface area contributed by atoms with Crippen molar-refractivity contribution in [1.82, 2.24) is 19.9 Å². The minimum absolute atomic E-state index is 0.573. The van der Waals surface area contributed by atoms with Gasteiger partial charge in [-0.2, -0.15) is 9.97 Å². The van der Waals surface area contributed by atoms with Gasteiger partial charge >= 0.3 is 0 Å². The van der Waals surface area contributed by atoms with Gasteiger partial charge in [-0.15, -0.1) is 0 Å². The molecular weight excluding hydrogens is 336 g/mol. The fraction of sp³-hybridized carbons (Fsp3) is 0.143. The van der Waals surface area contributed by atoms with E-state index < -0.39 is 0 Å². The Hall–Kier alpha value is -3.54. The van der Waals surface area contributed by atoms with E-state index in [0.717, 1.165) is 11.3 Å². The zero-order chi connectivity index (χ0) is 18.6. The molecule has 0 amide bonds. The third-order valence-corrected chi connectivity index (χ3v) is 4.17. The summed E-state index contributed by atoms with van der Waals surface area (Å²) in [7, 11) is 3.82. The summed E-state index contributed by atoms with van der Waals surface area (Å²) < 4.78 is 0. The largest absolute Gasteiger partial charge is 0.364 e. The molecule has 0 saturated carbocycles. The highest BCUT2D eigenvalue weighted by atomic mass is 15.2. The van der Waals surface area contributed by atoms with Gasteiger partial charge in [0.15, 0.2) is 17.0 Å². The number of hydrogen-bond acceptors (Lipinski definition) is 6. The van der Waals surface area contributed by atoms with Crippen LogP contribution >= 0.6 is 0 Å². The molecule has 0 spiro atoms. The number of nitrogens with zero attached hydrogens (tertiary/aromatic N) is 5. The molecule has 0 unspecified atom stereocenters. The second-order valence-corrected chi connectivity index (χ2v) is 6.40. The molecule has 0 bridgehead atoms. The van der Waals surface area contributed by atoms with Gasteiger partial charge in [-0.1, -0.05) is 60.7 Å². The van der Waals surface area contributed by atoms with Crippen molar-refractivity contribution < 1.29 is 0 Å². The molecule has 4 aromatic rings. The highest BCUT2D eigenvalue weighted by Crippen LogP contribution is 2.24. The molecule has 0 radical (unpaired) electrons. The van der Waals surface area contributed by atoms with Crippen LogP contribution in [0.5, 0.6) is 0 Å². The van der Waals surface area contributed by atoms with Crippen molar-refractivity contribution in [3.05, 3.63) is 72.4 Å². The molecule has 1 N–H and O–H groups in total. The van der Waals surface area contributed by atoms with Crippen LogP contribution in [-0.4, -0.2) is 34.0 Å². The zero-order valence-corrected chi connectivity index (χ0v) is 15.3. The second kappa shape index (κ2) is 7.37. The lowest BCUT2D eigenvalue weighted by molar-refractivity contribution is 0.993. The number of hydrogen-bond donors (Lipinski definition) is 1. The molecule has 4 rings (SSSR count). The lowest BCUT2D eigenvalue weighted by Gasteiger charge is -2.14. The first kappa shape index (κ1) is 16.9. The molecule has 0 aliphatic heterocycles. The summed E-state index contributed by atoms with van der Waals surface area (Å²) in [5.41, 5.74) is 4.22. The number of aromatic nitrogens is 4. The fourth-order valence-corrected chi connectivity index (χ4v) is 2.75. The van der Waals surface area contributed by atoms with E-state index in [0.29, 0.717) is 29.5 Å². The van der Waals surface area contributed by atoms with E-state index >= 15 is 0 Å². The van der Waals surface area contributed by atoms with E-state index in [9.17, 15) is 0 Å². The van der Waals surface area contributed by atoms with Crippen molar-refractivity contribution in [3.8, 4) is 11.3 Å². The van der Waals surface area contributed by atoms with Gasteiger partial charge in [0.1, 0.15) is 0 Å². The maximum atomic E-state index is 4.79. The van der Waals surface area contributed by atoms with Gasteiger partial charge in [-0.3, -0.25) is 0 Å². The number of nitrogens with one attached hydrogen (secondary N) is 1. The monoisotopic (exact) mass is 356 g/mol. The number of benzene rings is 2. The first-order valence-electron chi connectivity index (χ1n) is 8.76. The van der Waals surface area contributed by atoms with Crippen LogP contribution in [-0.2, 0) is 6.54 Å². The lowest BCUT2D eigenvalue weighted by atomic mass is 10.2. The van der Waals surface area contributed by atoms with Gasteiger partial charge < -0.3 is 10.2 Å². The Bertz CT molecular complexity index is 1050. The van der Waals surface area contributed by atoms with Crippen LogP contribution in [0.1, 0.15) is 5.56 Å². The fourth-order valence-electron chi connectivity index (χ4n) is 2.75. The van der Waals surface area contributed by atoms with Gasteiger partial charge in [0, 0.05) is 26.2 Å². The smallest absolute Gasteiger partial charge is 0.228 e. The van der Waals surface area contributed by atoms with Crippen molar-refractivity contribution in [2.75, 3.05) is 24.3 Å². The summed E-state index contributed by atoms with van der Waals surface area (Å²) in [5, 5.41) is 3.40. The molecule has 0 fully saturated rings. The lowest BCUT2D eigenvalue weighted by Crippen LogP contribution is -2.15. The van der Waals surface area contributed by atoms with E-state index in [2.05, 4.69) is 32.4 Å². The summed E-state index contributed by atoms with van der Waals surface area (Å²) in [4.78, 5) is 20.4. The summed E-state index contributed by atoms with van der Waals surface area (Å²) in [5.74, 6) is 1.28.